The molecule has 0 aliphatic rings. The van der Waals surface area contributed by atoms with Crippen LogP contribution in [0.3, 0.4) is 0 Å². The van der Waals surface area contributed by atoms with Crippen LogP contribution in [0.1, 0.15) is 18.5 Å². The fraction of sp³-hybridized carbons (Fsp3) is 0.143. The molecule has 0 saturated heterocycles. The lowest BCUT2D eigenvalue weighted by molar-refractivity contribution is 0.577. The van der Waals surface area contributed by atoms with Gasteiger partial charge in [0.25, 0.3) is 0 Å². The second kappa shape index (κ2) is 5.22. The van der Waals surface area contributed by atoms with Crippen LogP contribution in [0.15, 0.2) is 36.4 Å². The molecular weight excluding hydrogens is 253 g/mol. The van der Waals surface area contributed by atoms with E-state index in [1.165, 1.54) is 6.07 Å². The third kappa shape index (κ3) is 2.81. The summed E-state index contributed by atoms with van der Waals surface area (Å²) in [6.45, 7) is 1.62. The Balaban J connectivity index is 2.29. The van der Waals surface area contributed by atoms with Gasteiger partial charge in [0.05, 0.1) is 6.04 Å². The highest BCUT2D eigenvalue weighted by Gasteiger charge is 2.15. The van der Waals surface area contributed by atoms with Crippen LogP contribution < -0.4 is 11.1 Å². The molecule has 0 radical (unpaired) electrons. The van der Waals surface area contributed by atoms with Crippen LogP contribution in [-0.4, -0.2) is 0 Å². The van der Waals surface area contributed by atoms with Crippen LogP contribution in [0, 0.1) is 17.5 Å². The van der Waals surface area contributed by atoms with E-state index >= 15 is 0 Å². The third-order valence-corrected chi connectivity index (χ3v) is 2.80. The summed E-state index contributed by atoms with van der Waals surface area (Å²) in [7, 11) is 0. The van der Waals surface area contributed by atoms with Gasteiger partial charge in [-0.2, -0.15) is 0 Å². The minimum atomic E-state index is -0.805. The summed E-state index contributed by atoms with van der Waals surface area (Å²) in [5.74, 6) is -2.04. The summed E-state index contributed by atoms with van der Waals surface area (Å²) in [6, 6.07) is 7.51. The predicted molar refractivity (Wildman–Crippen MR) is 69.2 cm³/mol. The van der Waals surface area contributed by atoms with E-state index < -0.39 is 23.5 Å². The van der Waals surface area contributed by atoms with E-state index in [2.05, 4.69) is 5.32 Å². The van der Waals surface area contributed by atoms with Gasteiger partial charge in [-0.15, -0.1) is 0 Å². The van der Waals surface area contributed by atoms with Crippen LogP contribution in [0.4, 0.5) is 24.5 Å². The molecule has 0 aromatic heterocycles. The van der Waals surface area contributed by atoms with E-state index in [0.717, 1.165) is 12.1 Å². The van der Waals surface area contributed by atoms with Crippen molar-refractivity contribution < 1.29 is 13.2 Å². The molecule has 2 aromatic rings. The first-order valence-electron chi connectivity index (χ1n) is 5.74. The Morgan fingerprint density at radius 2 is 1.58 bits per heavy atom. The zero-order chi connectivity index (χ0) is 14.0. The van der Waals surface area contributed by atoms with Gasteiger partial charge in [-0.25, -0.2) is 13.2 Å². The van der Waals surface area contributed by atoms with Crippen LogP contribution >= 0.6 is 0 Å². The van der Waals surface area contributed by atoms with Crippen molar-refractivity contribution in [2.45, 2.75) is 13.0 Å². The lowest BCUT2D eigenvalue weighted by Gasteiger charge is -2.17. The van der Waals surface area contributed by atoms with E-state index in [1.807, 2.05) is 0 Å². The monoisotopic (exact) mass is 266 g/mol. The summed E-state index contributed by atoms with van der Waals surface area (Å²) in [4.78, 5) is 0. The van der Waals surface area contributed by atoms with Gasteiger partial charge in [-0.05, 0) is 25.1 Å². The van der Waals surface area contributed by atoms with Gasteiger partial charge in [0, 0.05) is 11.3 Å². The average Bonchev–Trinajstić information content (AvgIpc) is 2.34. The van der Waals surface area contributed by atoms with E-state index in [9.17, 15) is 13.2 Å². The van der Waals surface area contributed by atoms with Crippen molar-refractivity contribution in [1.82, 2.24) is 0 Å². The summed E-state index contributed by atoms with van der Waals surface area (Å²) in [6.07, 6.45) is 0. The van der Waals surface area contributed by atoms with Crippen molar-refractivity contribution >= 4 is 11.4 Å². The van der Waals surface area contributed by atoms with Crippen molar-refractivity contribution in [3.8, 4) is 0 Å². The molecule has 0 saturated carbocycles. The first kappa shape index (κ1) is 13.3. The van der Waals surface area contributed by atoms with Gasteiger partial charge in [-0.1, -0.05) is 18.2 Å². The molecule has 0 fully saturated rings. The molecule has 0 amide bonds. The van der Waals surface area contributed by atoms with Gasteiger partial charge < -0.3 is 11.1 Å². The molecule has 1 unspecified atom stereocenters. The largest absolute Gasteiger partial charge is 0.399 e. The van der Waals surface area contributed by atoms with Crippen molar-refractivity contribution in [2.24, 2.45) is 0 Å². The number of benzene rings is 2. The summed E-state index contributed by atoms with van der Waals surface area (Å²) < 4.78 is 40.8. The molecule has 2 nitrogen and oxygen atoms in total. The quantitative estimate of drug-likeness (QED) is 0.828. The lowest BCUT2D eigenvalue weighted by atomic mass is 10.1. The number of hydrogen-bond donors (Lipinski definition) is 2. The molecule has 100 valence electrons. The van der Waals surface area contributed by atoms with Crippen molar-refractivity contribution in [1.29, 1.82) is 0 Å². The second-order valence-corrected chi connectivity index (χ2v) is 4.25. The number of halogens is 3. The highest BCUT2D eigenvalue weighted by Crippen LogP contribution is 2.27. The highest BCUT2D eigenvalue weighted by atomic mass is 19.1. The maximum absolute atomic E-state index is 13.6. The Hall–Kier alpha value is -2.17. The van der Waals surface area contributed by atoms with Gasteiger partial charge in [0.2, 0.25) is 0 Å². The number of nitrogens with two attached hydrogens (primary N) is 1. The molecule has 3 N–H and O–H groups in total. The molecule has 0 bridgehead atoms. The fourth-order valence-corrected chi connectivity index (χ4v) is 1.85. The summed E-state index contributed by atoms with van der Waals surface area (Å²) in [5.41, 5.74) is 5.34. The van der Waals surface area contributed by atoms with E-state index in [0.29, 0.717) is 5.56 Å². The smallest absolute Gasteiger partial charge is 0.151 e. The van der Waals surface area contributed by atoms with E-state index in [4.69, 9.17) is 5.73 Å². The highest BCUT2D eigenvalue weighted by molar-refractivity contribution is 5.55. The molecule has 5 heteroatoms. The molecule has 2 rings (SSSR count). The Labute approximate surface area is 109 Å². The minimum absolute atomic E-state index is 0.000838. The molecule has 0 aliphatic carbocycles. The summed E-state index contributed by atoms with van der Waals surface area (Å²) in [5, 5.41) is 2.62. The van der Waals surface area contributed by atoms with Crippen LogP contribution in [0.5, 0.6) is 0 Å². The first-order valence-corrected chi connectivity index (χ1v) is 5.74. The van der Waals surface area contributed by atoms with Crippen LogP contribution in [0.25, 0.3) is 0 Å². The fourth-order valence-electron chi connectivity index (χ4n) is 1.85. The molecule has 19 heavy (non-hydrogen) atoms. The van der Waals surface area contributed by atoms with Crippen LogP contribution in [-0.2, 0) is 0 Å². The first-order chi connectivity index (χ1) is 8.99. The lowest BCUT2D eigenvalue weighted by Crippen LogP contribution is -2.11. The van der Waals surface area contributed by atoms with Crippen molar-refractivity contribution in [3.63, 3.8) is 0 Å². The Kier molecular flexibility index (Phi) is 3.64. The van der Waals surface area contributed by atoms with Crippen molar-refractivity contribution in [3.05, 3.63) is 59.4 Å². The van der Waals surface area contributed by atoms with Gasteiger partial charge in [-0.3, -0.25) is 0 Å². The molecular formula is C14H13F3N2. The van der Waals surface area contributed by atoms with Gasteiger partial charge >= 0.3 is 0 Å². The number of anilines is 2. The summed E-state index contributed by atoms with van der Waals surface area (Å²) >= 11 is 0. The SMILES string of the molecule is CC(Nc1c(F)cc(N)cc1F)c1ccccc1F. The molecule has 0 spiro atoms. The molecule has 0 aliphatic heterocycles. The maximum Gasteiger partial charge on any atom is 0.151 e. The normalized spacial score (nSPS) is 12.2. The predicted octanol–water partition coefficient (Wildman–Crippen LogP) is 3.86. The average molecular weight is 266 g/mol. The van der Waals surface area contributed by atoms with Gasteiger partial charge in [0.1, 0.15) is 11.5 Å². The van der Waals surface area contributed by atoms with Crippen LogP contribution in [0.2, 0.25) is 0 Å². The van der Waals surface area contributed by atoms with E-state index in [-0.39, 0.29) is 11.4 Å². The van der Waals surface area contributed by atoms with E-state index in [1.54, 1.807) is 25.1 Å². The Bertz CT molecular complexity index is 576. The Morgan fingerprint density at radius 1 is 1.00 bits per heavy atom. The number of nitrogens with one attached hydrogen (secondary N) is 1. The third-order valence-electron chi connectivity index (χ3n) is 2.80. The number of nitrogen functional groups attached to an aromatic ring is 1. The molecule has 1 atom stereocenters. The minimum Gasteiger partial charge on any atom is -0.399 e. The zero-order valence-electron chi connectivity index (χ0n) is 10.3. The molecule has 2 aromatic carbocycles. The van der Waals surface area contributed by atoms with Crippen molar-refractivity contribution in [2.75, 3.05) is 11.1 Å². The maximum atomic E-state index is 13.6. The molecule has 0 heterocycles. The van der Waals surface area contributed by atoms with Gasteiger partial charge in [0.15, 0.2) is 11.6 Å². The zero-order valence-corrected chi connectivity index (χ0v) is 10.3. The topological polar surface area (TPSA) is 38.0 Å². The number of hydrogen-bond acceptors (Lipinski definition) is 2. The number of rotatable bonds is 3. The standard InChI is InChI=1S/C14H13F3N2/c1-8(10-4-2-3-5-11(10)15)19-14-12(16)6-9(18)7-13(14)17/h2-8,19H,18H2,1H3. The Morgan fingerprint density at radius 3 is 2.16 bits per heavy atom. The second-order valence-electron chi connectivity index (χ2n) is 4.25.